The molecule has 2 aromatic carbocycles. The standard InChI is InChI=1S/C19H23NO2S/c1-15(8-9-16-6-4-3-5-7-16)20-19(21)14-23-18-12-10-17(22-2)11-13-18/h3-7,10-13,15H,8-9,14H2,1-2H3,(H,20,21)/t15-/m1/s1. The van der Waals surface area contributed by atoms with Crippen LogP contribution in [0.25, 0.3) is 0 Å². The zero-order valence-corrected chi connectivity index (χ0v) is 14.4. The van der Waals surface area contributed by atoms with E-state index in [1.165, 1.54) is 17.3 Å². The molecule has 0 aliphatic carbocycles. The van der Waals surface area contributed by atoms with Gasteiger partial charge in [-0.25, -0.2) is 0 Å². The fourth-order valence-corrected chi connectivity index (χ4v) is 2.95. The molecule has 0 aliphatic heterocycles. The monoisotopic (exact) mass is 329 g/mol. The van der Waals surface area contributed by atoms with Crippen LogP contribution < -0.4 is 10.1 Å². The maximum atomic E-state index is 12.0. The summed E-state index contributed by atoms with van der Waals surface area (Å²) in [6.45, 7) is 2.05. The SMILES string of the molecule is COc1ccc(SCC(=O)N[C@H](C)CCc2ccccc2)cc1. The highest BCUT2D eigenvalue weighted by atomic mass is 32.2. The minimum atomic E-state index is 0.0754. The Balaban J connectivity index is 1.69. The lowest BCUT2D eigenvalue weighted by Gasteiger charge is -2.14. The average Bonchev–Trinajstić information content (AvgIpc) is 2.59. The van der Waals surface area contributed by atoms with Crippen molar-refractivity contribution in [2.75, 3.05) is 12.9 Å². The number of amides is 1. The van der Waals surface area contributed by atoms with Gasteiger partial charge in [0.25, 0.3) is 0 Å². The van der Waals surface area contributed by atoms with Crippen molar-refractivity contribution < 1.29 is 9.53 Å². The Kier molecular flexibility index (Phi) is 7.01. The Labute approximate surface area is 142 Å². The van der Waals surface area contributed by atoms with E-state index in [1.807, 2.05) is 42.5 Å². The van der Waals surface area contributed by atoms with E-state index in [0.717, 1.165) is 23.5 Å². The Morgan fingerprint density at radius 3 is 2.48 bits per heavy atom. The van der Waals surface area contributed by atoms with Crippen molar-refractivity contribution in [2.24, 2.45) is 0 Å². The molecule has 0 radical (unpaired) electrons. The van der Waals surface area contributed by atoms with Gasteiger partial charge in [0.15, 0.2) is 0 Å². The number of rotatable bonds is 8. The summed E-state index contributed by atoms with van der Waals surface area (Å²) in [5.41, 5.74) is 1.31. The van der Waals surface area contributed by atoms with E-state index in [1.54, 1.807) is 7.11 Å². The third kappa shape index (κ3) is 6.37. The Morgan fingerprint density at radius 2 is 1.83 bits per heavy atom. The van der Waals surface area contributed by atoms with E-state index in [9.17, 15) is 4.79 Å². The van der Waals surface area contributed by atoms with Gasteiger partial charge in [0.2, 0.25) is 5.91 Å². The van der Waals surface area contributed by atoms with Gasteiger partial charge in [0.1, 0.15) is 5.75 Å². The van der Waals surface area contributed by atoms with Crippen LogP contribution in [0.5, 0.6) is 5.75 Å². The highest BCUT2D eigenvalue weighted by Crippen LogP contribution is 2.21. The summed E-state index contributed by atoms with van der Waals surface area (Å²) in [4.78, 5) is 13.1. The van der Waals surface area contributed by atoms with Gasteiger partial charge in [-0.2, -0.15) is 0 Å². The van der Waals surface area contributed by atoms with Gasteiger partial charge in [0, 0.05) is 10.9 Å². The molecule has 4 heteroatoms. The van der Waals surface area contributed by atoms with Crippen molar-refractivity contribution in [1.82, 2.24) is 5.32 Å². The van der Waals surface area contributed by atoms with E-state index in [0.29, 0.717) is 5.75 Å². The molecule has 1 amide bonds. The van der Waals surface area contributed by atoms with Crippen molar-refractivity contribution in [3.8, 4) is 5.75 Å². The molecule has 0 heterocycles. The molecule has 0 aromatic heterocycles. The van der Waals surface area contributed by atoms with E-state index in [-0.39, 0.29) is 11.9 Å². The van der Waals surface area contributed by atoms with Gasteiger partial charge in [-0.3, -0.25) is 4.79 Å². The number of carbonyl (C=O) groups excluding carboxylic acids is 1. The molecule has 0 saturated heterocycles. The average molecular weight is 329 g/mol. The van der Waals surface area contributed by atoms with Crippen LogP contribution >= 0.6 is 11.8 Å². The second kappa shape index (κ2) is 9.26. The lowest BCUT2D eigenvalue weighted by molar-refractivity contribution is -0.119. The molecule has 0 spiro atoms. The van der Waals surface area contributed by atoms with Crippen molar-refractivity contribution in [3.05, 3.63) is 60.2 Å². The number of benzene rings is 2. The predicted octanol–water partition coefficient (Wildman–Crippen LogP) is 3.92. The molecule has 0 aliphatic rings. The van der Waals surface area contributed by atoms with Gasteiger partial charge < -0.3 is 10.1 Å². The van der Waals surface area contributed by atoms with E-state index in [4.69, 9.17) is 4.74 Å². The fourth-order valence-electron chi connectivity index (χ4n) is 2.24. The summed E-state index contributed by atoms with van der Waals surface area (Å²) in [5, 5.41) is 3.06. The van der Waals surface area contributed by atoms with E-state index >= 15 is 0 Å². The van der Waals surface area contributed by atoms with Crippen LogP contribution in [0.3, 0.4) is 0 Å². The number of methoxy groups -OCH3 is 1. The number of thioether (sulfide) groups is 1. The summed E-state index contributed by atoms with van der Waals surface area (Å²) >= 11 is 1.54. The maximum absolute atomic E-state index is 12.0. The number of aryl methyl sites for hydroxylation is 1. The van der Waals surface area contributed by atoms with Crippen molar-refractivity contribution in [3.63, 3.8) is 0 Å². The Hall–Kier alpha value is -1.94. The second-order valence-electron chi connectivity index (χ2n) is 5.46. The molecule has 2 rings (SSSR count). The number of hydrogen-bond acceptors (Lipinski definition) is 3. The number of carbonyl (C=O) groups is 1. The largest absolute Gasteiger partial charge is 0.497 e. The van der Waals surface area contributed by atoms with Crippen LogP contribution in [0.1, 0.15) is 18.9 Å². The summed E-state index contributed by atoms with van der Waals surface area (Å²) in [6, 6.07) is 18.3. The number of ether oxygens (including phenoxy) is 1. The molecule has 0 saturated carbocycles. The van der Waals surface area contributed by atoms with Crippen molar-refractivity contribution in [1.29, 1.82) is 0 Å². The summed E-state index contributed by atoms with van der Waals surface area (Å²) < 4.78 is 5.12. The summed E-state index contributed by atoms with van der Waals surface area (Å²) in [6.07, 6.45) is 1.93. The first kappa shape index (κ1) is 17.4. The van der Waals surface area contributed by atoms with Crippen LogP contribution in [-0.4, -0.2) is 24.8 Å². The third-order valence-electron chi connectivity index (χ3n) is 3.55. The molecule has 23 heavy (non-hydrogen) atoms. The molecule has 2 aromatic rings. The van der Waals surface area contributed by atoms with Crippen molar-refractivity contribution >= 4 is 17.7 Å². The van der Waals surface area contributed by atoms with Gasteiger partial charge in [-0.15, -0.1) is 11.8 Å². The topological polar surface area (TPSA) is 38.3 Å². The molecule has 0 fully saturated rings. The zero-order chi connectivity index (χ0) is 16.5. The summed E-state index contributed by atoms with van der Waals surface area (Å²) in [5.74, 6) is 1.34. The molecule has 122 valence electrons. The van der Waals surface area contributed by atoms with Crippen LogP contribution in [0, 0.1) is 0 Å². The first-order chi connectivity index (χ1) is 11.2. The molecule has 0 unspecified atom stereocenters. The minimum Gasteiger partial charge on any atom is -0.497 e. The van der Waals surface area contributed by atoms with Crippen LogP contribution in [0.2, 0.25) is 0 Å². The van der Waals surface area contributed by atoms with Crippen molar-refractivity contribution in [2.45, 2.75) is 30.7 Å². The van der Waals surface area contributed by atoms with Crippen LogP contribution in [0.15, 0.2) is 59.5 Å². The van der Waals surface area contributed by atoms with E-state index in [2.05, 4.69) is 24.4 Å². The molecule has 0 bridgehead atoms. The van der Waals surface area contributed by atoms with Gasteiger partial charge >= 0.3 is 0 Å². The summed E-state index contributed by atoms with van der Waals surface area (Å²) in [7, 11) is 1.65. The molecule has 3 nitrogen and oxygen atoms in total. The number of nitrogens with one attached hydrogen (secondary N) is 1. The fraction of sp³-hybridized carbons (Fsp3) is 0.316. The maximum Gasteiger partial charge on any atom is 0.230 e. The second-order valence-corrected chi connectivity index (χ2v) is 6.51. The molecule has 1 atom stereocenters. The molecular formula is C19H23NO2S. The smallest absolute Gasteiger partial charge is 0.230 e. The lowest BCUT2D eigenvalue weighted by atomic mass is 10.1. The van der Waals surface area contributed by atoms with Crippen LogP contribution in [-0.2, 0) is 11.2 Å². The molecular weight excluding hydrogens is 306 g/mol. The third-order valence-corrected chi connectivity index (χ3v) is 4.56. The molecule has 1 N–H and O–H groups in total. The quantitative estimate of drug-likeness (QED) is 0.746. The lowest BCUT2D eigenvalue weighted by Crippen LogP contribution is -2.34. The van der Waals surface area contributed by atoms with E-state index < -0.39 is 0 Å². The highest BCUT2D eigenvalue weighted by molar-refractivity contribution is 8.00. The van der Waals surface area contributed by atoms with Gasteiger partial charge in [-0.05, 0) is 49.6 Å². The highest BCUT2D eigenvalue weighted by Gasteiger charge is 2.08. The number of hydrogen-bond donors (Lipinski definition) is 1. The first-order valence-electron chi connectivity index (χ1n) is 7.77. The predicted molar refractivity (Wildman–Crippen MR) is 96.1 cm³/mol. The minimum absolute atomic E-state index is 0.0754. The Morgan fingerprint density at radius 1 is 1.13 bits per heavy atom. The van der Waals surface area contributed by atoms with Gasteiger partial charge in [0.05, 0.1) is 12.9 Å². The normalized spacial score (nSPS) is 11.7. The zero-order valence-electron chi connectivity index (χ0n) is 13.6. The Bertz CT molecular complexity index is 599. The first-order valence-corrected chi connectivity index (χ1v) is 8.76. The van der Waals surface area contributed by atoms with Gasteiger partial charge in [-0.1, -0.05) is 30.3 Å². The van der Waals surface area contributed by atoms with Crippen LogP contribution in [0.4, 0.5) is 0 Å².